The van der Waals surface area contributed by atoms with Crippen molar-refractivity contribution in [1.82, 2.24) is 4.90 Å². The number of esters is 1. The Morgan fingerprint density at radius 2 is 1.79 bits per heavy atom. The molecule has 1 aliphatic heterocycles. The Hall–Kier alpha value is -0.910. The van der Waals surface area contributed by atoms with Crippen LogP contribution in [0.25, 0.3) is 0 Å². The van der Waals surface area contributed by atoms with E-state index in [9.17, 15) is 4.79 Å². The number of benzene rings is 1. The Balaban J connectivity index is 0.00000288. The van der Waals surface area contributed by atoms with Crippen LogP contribution in [-0.2, 0) is 14.3 Å². The van der Waals surface area contributed by atoms with Gasteiger partial charge in [0.1, 0.15) is 12.6 Å². The van der Waals surface area contributed by atoms with E-state index in [1.165, 1.54) is 6.42 Å². The molecule has 0 aliphatic carbocycles. The summed E-state index contributed by atoms with van der Waals surface area (Å²) < 4.78 is 11.0. The van der Waals surface area contributed by atoms with E-state index in [0.29, 0.717) is 13.2 Å². The summed E-state index contributed by atoms with van der Waals surface area (Å²) in [6.07, 6.45) is 5.71. The van der Waals surface area contributed by atoms with Crippen molar-refractivity contribution in [3.63, 3.8) is 0 Å². The molecule has 1 heterocycles. The summed E-state index contributed by atoms with van der Waals surface area (Å²) in [6.45, 7) is 5.60. The predicted octanol–water partition coefficient (Wildman–Crippen LogP) is 4.15. The normalized spacial score (nSPS) is 16.2. The molecule has 136 valence electrons. The summed E-state index contributed by atoms with van der Waals surface area (Å²) in [4.78, 5) is 14.9. The van der Waals surface area contributed by atoms with Crippen LogP contribution in [0, 0.1) is 0 Å². The molecule has 0 amide bonds. The third kappa shape index (κ3) is 6.91. The standard InChI is InChI=1S/C19H29NO3.BrH/c1-2-3-14-22-15-16-23-19(21)18(17-10-6-4-7-11-17)20-12-8-5-9-13-20;/h4,6-7,10-11,18H,2-3,5,8-9,12-16H2,1H3;1H. The molecule has 1 fully saturated rings. The summed E-state index contributed by atoms with van der Waals surface area (Å²) in [5.41, 5.74) is 1.02. The lowest BCUT2D eigenvalue weighted by Crippen LogP contribution is -2.39. The van der Waals surface area contributed by atoms with E-state index in [1.54, 1.807) is 0 Å². The highest BCUT2D eigenvalue weighted by Crippen LogP contribution is 2.25. The SMILES string of the molecule is Br.CCCCOCCOC(=O)C(c1ccccc1)N1CCCCC1. The van der Waals surface area contributed by atoms with E-state index in [1.807, 2.05) is 30.3 Å². The summed E-state index contributed by atoms with van der Waals surface area (Å²) in [7, 11) is 0. The number of hydrogen-bond donors (Lipinski definition) is 0. The van der Waals surface area contributed by atoms with Gasteiger partial charge < -0.3 is 9.47 Å². The zero-order chi connectivity index (χ0) is 16.3. The largest absolute Gasteiger partial charge is 0.462 e. The van der Waals surface area contributed by atoms with Crippen molar-refractivity contribution >= 4 is 23.0 Å². The fourth-order valence-electron chi connectivity index (χ4n) is 2.94. The predicted molar refractivity (Wildman–Crippen MR) is 102 cm³/mol. The first-order valence-corrected chi connectivity index (χ1v) is 8.86. The lowest BCUT2D eigenvalue weighted by atomic mass is 10.0. The number of hydrogen-bond acceptors (Lipinski definition) is 4. The molecule has 1 atom stereocenters. The van der Waals surface area contributed by atoms with Crippen molar-refractivity contribution in [2.45, 2.75) is 45.1 Å². The number of carbonyl (C=O) groups is 1. The molecule has 0 aromatic heterocycles. The van der Waals surface area contributed by atoms with Crippen molar-refractivity contribution in [3.05, 3.63) is 35.9 Å². The van der Waals surface area contributed by atoms with Gasteiger partial charge in [-0.05, 0) is 37.9 Å². The van der Waals surface area contributed by atoms with E-state index in [-0.39, 0.29) is 29.0 Å². The average molecular weight is 400 g/mol. The average Bonchev–Trinajstić information content (AvgIpc) is 2.60. The maximum absolute atomic E-state index is 12.6. The van der Waals surface area contributed by atoms with Crippen molar-refractivity contribution in [3.8, 4) is 0 Å². The highest BCUT2D eigenvalue weighted by atomic mass is 79.9. The van der Waals surface area contributed by atoms with Gasteiger partial charge in [0, 0.05) is 6.61 Å². The van der Waals surface area contributed by atoms with E-state index in [2.05, 4.69) is 11.8 Å². The van der Waals surface area contributed by atoms with E-state index >= 15 is 0 Å². The molecule has 0 radical (unpaired) electrons. The van der Waals surface area contributed by atoms with Gasteiger partial charge in [0.25, 0.3) is 0 Å². The van der Waals surface area contributed by atoms with Gasteiger partial charge in [0.2, 0.25) is 0 Å². The molecule has 4 nitrogen and oxygen atoms in total. The Kier molecular flexibility index (Phi) is 11.0. The molecule has 0 N–H and O–H groups in total. The first kappa shape index (κ1) is 21.1. The molecule has 2 rings (SSSR count). The third-order valence-electron chi connectivity index (χ3n) is 4.21. The summed E-state index contributed by atoms with van der Waals surface area (Å²) in [5.74, 6) is -0.155. The Labute approximate surface area is 156 Å². The number of halogens is 1. The van der Waals surface area contributed by atoms with E-state index < -0.39 is 0 Å². The molecule has 24 heavy (non-hydrogen) atoms. The van der Waals surface area contributed by atoms with Gasteiger partial charge in [-0.25, -0.2) is 4.79 Å². The first-order valence-electron chi connectivity index (χ1n) is 8.86. The second-order valence-corrected chi connectivity index (χ2v) is 6.04. The Morgan fingerprint density at radius 1 is 1.08 bits per heavy atom. The molecule has 1 saturated heterocycles. The molecule has 1 aromatic rings. The summed E-state index contributed by atoms with van der Waals surface area (Å²) in [6, 6.07) is 9.67. The van der Waals surface area contributed by atoms with Crippen LogP contribution in [0.2, 0.25) is 0 Å². The molecule has 1 unspecified atom stereocenters. The highest BCUT2D eigenvalue weighted by Gasteiger charge is 2.29. The van der Waals surface area contributed by atoms with Gasteiger partial charge in [0.05, 0.1) is 6.61 Å². The molecule has 0 saturated carbocycles. The minimum Gasteiger partial charge on any atom is -0.462 e. The minimum atomic E-state index is -0.285. The zero-order valence-corrected chi connectivity index (χ0v) is 16.3. The van der Waals surface area contributed by atoms with Crippen LogP contribution in [0.1, 0.15) is 50.6 Å². The van der Waals surface area contributed by atoms with Gasteiger partial charge in [0.15, 0.2) is 0 Å². The number of likely N-dealkylation sites (tertiary alicyclic amines) is 1. The first-order chi connectivity index (χ1) is 11.3. The zero-order valence-electron chi connectivity index (χ0n) is 14.6. The fraction of sp³-hybridized carbons (Fsp3) is 0.632. The van der Waals surface area contributed by atoms with Gasteiger partial charge in [-0.3, -0.25) is 4.90 Å². The van der Waals surface area contributed by atoms with Crippen LogP contribution in [0.4, 0.5) is 0 Å². The van der Waals surface area contributed by atoms with E-state index in [4.69, 9.17) is 9.47 Å². The molecular weight excluding hydrogens is 370 g/mol. The van der Waals surface area contributed by atoms with Crippen LogP contribution in [0.15, 0.2) is 30.3 Å². The van der Waals surface area contributed by atoms with Crippen LogP contribution >= 0.6 is 17.0 Å². The van der Waals surface area contributed by atoms with Crippen molar-refractivity contribution in [2.75, 3.05) is 32.9 Å². The lowest BCUT2D eigenvalue weighted by molar-refractivity contribution is -0.152. The third-order valence-corrected chi connectivity index (χ3v) is 4.21. The summed E-state index contributed by atoms with van der Waals surface area (Å²) >= 11 is 0. The topological polar surface area (TPSA) is 38.8 Å². The van der Waals surface area contributed by atoms with Gasteiger partial charge in [-0.1, -0.05) is 50.1 Å². The van der Waals surface area contributed by atoms with Crippen molar-refractivity contribution in [1.29, 1.82) is 0 Å². The number of carbonyl (C=O) groups excluding carboxylic acids is 1. The number of rotatable bonds is 9. The molecule has 1 aromatic carbocycles. The second-order valence-electron chi connectivity index (χ2n) is 6.04. The monoisotopic (exact) mass is 399 g/mol. The van der Waals surface area contributed by atoms with Gasteiger partial charge >= 0.3 is 5.97 Å². The van der Waals surface area contributed by atoms with E-state index in [0.717, 1.165) is 50.9 Å². The lowest BCUT2D eigenvalue weighted by Gasteiger charge is -2.33. The maximum atomic E-state index is 12.6. The number of nitrogens with zero attached hydrogens (tertiary/aromatic N) is 1. The Bertz CT molecular complexity index is 449. The molecule has 5 heteroatoms. The number of ether oxygens (including phenoxy) is 2. The van der Waals surface area contributed by atoms with Crippen LogP contribution in [-0.4, -0.2) is 43.8 Å². The van der Waals surface area contributed by atoms with Gasteiger partial charge in [-0.15, -0.1) is 17.0 Å². The molecule has 0 bridgehead atoms. The van der Waals surface area contributed by atoms with Crippen molar-refractivity contribution in [2.24, 2.45) is 0 Å². The van der Waals surface area contributed by atoms with Gasteiger partial charge in [-0.2, -0.15) is 0 Å². The van der Waals surface area contributed by atoms with Crippen LogP contribution in [0.5, 0.6) is 0 Å². The van der Waals surface area contributed by atoms with Crippen LogP contribution < -0.4 is 0 Å². The highest BCUT2D eigenvalue weighted by molar-refractivity contribution is 8.93. The molecule has 1 aliphatic rings. The number of piperidine rings is 1. The summed E-state index contributed by atoms with van der Waals surface area (Å²) in [5, 5.41) is 0. The minimum absolute atomic E-state index is 0. The Morgan fingerprint density at radius 3 is 2.46 bits per heavy atom. The molecular formula is C19H30BrNO3. The molecule has 0 spiro atoms. The second kappa shape index (κ2) is 12.5. The maximum Gasteiger partial charge on any atom is 0.328 e. The van der Waals surface area contributed by atoms with Crippen molar-refractivity contribution < 1.29 is 14.3 Å². The van der Waals surface area contributed by atoms with Crippen LogP contribution in [0.3, 0.4) is 0 Å². The number of unbranched alkanes of at least 4 members (excludes halogenated alkanes) is 1. The quantitative estimate of drug-likeness (QED) is 0.461. The fourth-order valence-corrected chi connectivity index (χ4v) is 2.94. The smallest absolute Gasteiger partial charge is 0.328 e.